The van der Waals surface area contributed by atoms with Crippen LogP contribution in [0.2, 0.25) is 0 Å². The Hall–Kier alpha value is -3.28. The minimum absolute atomic E-state index is 0.123. The average molecular weight is 351 g/mol. The van der Waals surface area contributed by atoms with Crippen molar-refractivity contribution in [3.05, 3.63) is 64.8 Å². The van der Waals surface area contributed by atoms with E-state index in [-0.39, 0.29) is 5.91 Å². The maximum absolute atomic E-state index is 12.4. The topological polar surface area (TPSA) is 83.2 Å². The number of H-pyrrole nitrogens is 1. The van der Waals surface area contributed by atoms with Gasteiger partial charge in [0.05, 0.1) is 7.11 Å². The smallest absolute Gasteiger partial charge is 0.411 e. The second-order valence-corrected chi connectivity index (χ2v) is 6.13. The normalized spacial score (nSPS) is 10.6. The quantitative estimate of drug-likeness (QED) is 0.667. The van der Waals surface area contributed by atoms with Gasteiger partial charge in [-0.25, -0.2) is 4.79 Å². The van der Waals surface area contributed by atoms with Crippen LogP contribution in [0, 0.1) is 13.8 Å². The van der Waals surface area contributed by atoms with Gasteiger partial charge in [0.1, 0.15) is 0 Å². The number of aromatic amines is 1. The number of aryl methyl sites for hydroxylation is 2. The third kappa shape index (κ3) is 3.69. The number of methoxy groups -OCH3 is 1. The number of rotatable bonds is 4. The molecule has 26 heavy (non-hydrogen) atoms. The predicted molar refractivity (Wildman–Crippen MR) is 101 cm³/mol. The van der Waals surface area contributed by atoms with Crippen LogP contribution in [-0.4, -0.2) is 24.1 Å². The van der Waals surface area contributed by atoms with Crippen LogP contribution in [0.3, 0.4) is 0 Å². The van der Waals surface area contributed by atoms with E-state index in [2.05, 4.69) is 20.4 Å². The summed E-state index contributed by atoms with van der Waals surface area (Å²) < 4.78 is 4.54. The first-order valence-corrected chi connectivity index (χ1v) is 8.29. The van der Waals surface area contributed by atoms with Crippen LogP contribution in [-0.2, 0) is 11.3 Å². The minimum Gasteiger partial charge on any atom is -0.453 e. The molecular formula is C20H21N3O3. The van der Waals surface area contributed by atoms with E-state index in [9.17, 15) is 9.59 Å². The van der Waals surface area contributed by atoms with Crippen molar-refractivity contribution in [2.45, 2.75) is 20.4 Å². The van der Waals surface area contributed by atoms with Crippen molar-refractivity contribution in [1.82, 2.24) is 10.3 Å². The second kappa shape index (κ2) is 7.31. The molecule has 0 saturated heterocycles. The van der Waals surface area contributed by atoms with E-state index >= 15 is 0 Å². The lowest BCUT2D eigenvalue weighted by Gasteiger charge is -2.08. The van der Waals surface area contributed by atoms with Crippen molar-refractivity contribution in [2.75, 3.05) is 12.4 Å². The summed E-state index contributed by atoms with van der Waals surface area (Å²) in [5.74, 6) is -0.123. The van der Waals surface area contributed by atoms with E-state index in [4.69, 9.17) is 0 Å². The van der Waals surface area contributed by atoms with Crippen LogP contribution in [0.5, 0.6) is 0 Å². The zero-order chi connectivity index (χ0) is 18.7. The SMILES string of the molecule is COC(=O)Nc1ccc(CNC(=O)c2ccc3[nH]c(C)c(C)c3c2)cc1. The molecule has 6 heteroatoms. The number of carbonyl (C=O) groups is 2. The third-order valence-corrected chi connectivity index (χ3v) is 4.41. The first-order valence-electron chi connectivity index (χ1n) is 8.29. The van der Waals surface area contributed by atoms with Gasteiger partial charge in [-0.3, -0.25) is 10.1 Å². The number of fused-ring (bicyclic) bond motifs is 1. The van der Waals surface area contributed by atoms with Crippen LogP contribution in [0.15, 0.2) is 42.5 Å². The Morgan fingerprint density at radius 3 is 2.50 bits per heavy atom. The lowest BCUT2D eigenvalue weighted by molar-refractivity contribution is 0.0951. The number of anilines is 1. The number of ether oxygens (including phenoxy) is 1. The molecule has 6 nitrogen and oxygen atoms in total. The van der Waals surface area contributed by atoms with E-state index in [1.807, 2.05) is 44.2 Å². The number of benzene rings is 2. The molecule has 0 aliphatic rings. The molecule has 134 valence electrons. The molecule has 3 N–H and O–H groups in total. The maximum atomic E-state index is 12.4. The molecule has 3 rings (SSSR count). The Morgan fingerprint density at radius 2 is 1.81 bits per heavy atom. The Morgan fingerprint density at radius 1 is 1.08 bits per heavy atom. The Kier molecular flexibility index (Phi) is 4.93. The molecule has 0 unspecified atom stereocenters. The summed E-state index contributed by atoms with van der Waals surface area (Å²) in [5.41, 5.74) is 5.49. The molecule has 0 bridgehead atoms. The zero-order valence-electron chi connectivity index (χ0n) is 15.0. The van der Waals surface area contributed by atoms with Crippen molar-refractivity contribution in [1.29, 1.82) is 0 Å². The highest BCUT2D eigenvalue weighted by Gasteiger charge is 2.10. The maximum Gasteiger partial charge on any atom is 0.411 e. The number of carbonyl (C=O) groups excluding carboxylic acids is 2. The summed E-state index contributed by atoms with van der Waals surface area (Å²) in [6.07, 6.45) is -0.517. The standard InChI is InChI=1S/C20H21N3O3/c1-12-13(2)22-18-9-6-15(10-17(12)18)19(24)21-11-14-4-7-16(8-5-14)23-20(25)26-3/h4-10,22H,11H2,1-3H3,(H,21,24)(H,23,25). The van der Waals surface area contributed by atoms with Crippen molar-refractivity contribution < 1.29 is 14.3 Å². The zero-order valence-corrected chi connectivity index (χ0v) is 15.0. The highest BCUT2D eigenvalue weighted by atomic mass is 16.5. The summed E-state index contributed by atoms with van der Waals surface area (Å²) in [4.78, 5) is 26.9. The number of nitrogens with one attached hydrogen (secondary N) is 3. The van der Waals surface area contributed by atoms with Crippen LogP contribution in [0.1, 0.15) is 27.2 Å². The molecule has 2 aromatic carbocycles. The fraction of sp³-hybridized carbons (Fsp3) is 0.200. The first-order chi connectivity index (χ1) is 12.5. The summed E-state index contributed by atoms with van der Waals surface area (Å²) in [6.45, 7) is 4.47. The van der Waals surface area contributed by atoms with Crippen molar-refractivity contribution in [2.24, 2.45) is 0 Å². The van der Waals surface area contributed by atoms with Crippen molar-refractivity contribution in [3.8, 4) is 0 Å². The highest BCUT2D eigenvalue weighted by Crippen LogP contribution is 2.22. The molecule has 2 amide bonds. The molecule has 1 heterocycles. The van der Waals surface area contributed by atoms with Crippen LogP contribution in [0.25, 0.3) is 10.9 Å². The van der Waals surface area contributed by atoms with Gasteiger partial charge < -0.3 is 15.0 Å². The van der Waals surface area contributed by atoms with Crippen LogP contribution < -0.4 is 10.6 Å². The number of amides is 2. The van der Waals surface area contributed by atoms with E-state index in [0.717, 1.165) is 27.7 Å². The summed E-state index contributed by atoms with van der Waals surface area (Å²) in [7, 11) is 1.31. The molecule has 0 aliphatic heterocycles. The molecule has 0 atom stereocenters. The molecule has 0 aliphatic carbocycles. The van der Waals surface area contributed by atoms with E-state index < -0.39 is 6.09 Å². The fourth-order valence-electron chi connectivity index (χ4n) is 2.76. The number of aromatic nitrogens is 1. The van der Waals surface area contributed by atoms with Gasteiger partial charge in [0.25, 0.3) is 5.91 Å². The molecule has 0 radical (unpaired) electrons. The van der Waals surface area contributed by atoms with Gasteiger partial charge in [-0.2, -0.15) is 0 Å². The van der Waals surface area contributed by atoms with E-state index in [1.54, 1.807) is 12.1 Å². The number of hydrogen-bond acceptors (Lipinski definition) is 3. The van der Waals surface area contributed by atoms with E-state index in [1.165, 1.54) is 7.11 Å². The van der Waals surface area contributed by atoms with Gasteiger partial charge in [0, 0.05) is 34.4 Å². The molecule has 0 saturated carbocycles. The van der Waals surface area contributed by atoms with Gasteiger partial charge in [-0.15, -0.1) is 0 Å². The highest BCUT2D eigenvalue weighted by molar-refractivity contribution is 5.99. The van der Waals surface area contributed by atoms with Crippen molar-refractivity contribution >= 4 is 28.6 Å². The van der Waals surface area contributed by atoms with Crippen molar-refractivity contribution in [3.63, 3.8) is 0 Å². The van der Waals surface area contributed by atoms with Gasteiger partial charge in [0.15, 0.2) is 0 Å². The Balaban J connectivity index is 1.65. The molecule has 1 aromatic heterocycles. The summed E-state index contributed by atoms with van der Waals surface area (Å²) in [6, 6.07) is 12.9. The van der Waals surface area contributed by atoms with Gasteiger partial charge in [-0.1, -0.05) is 12.1 Å². The monoisotopic (exact) mass is 351 g/mol. The predicted octanol–water partition coefficient (Wildman–Crippen LogP) is 3.89. The molecule has 3 aromatic rings. The Labute approximate surface area is 151 Å². The molecule has 0 fully saturated rings. The van der Waals surface area contributed by atoms with Crippen LogP contribution in [0.4, 0.5) is 10.5 Å². The lowest BCUT2D eigenvalue weighted by atomic mass is 10.1. The van der Waals surface area contributed by atoms with Gasteiger partial charge in [-0.05, 0) is 55.3 Å². The fourth-order valence-corrected chi connectivity index (χ4v) is 2.76. The third-order valence-electron chi connectivity index (χ3n) is 4.41. The second-order valence-electron chi connectivity index (χ2n) is 6.13. The molecule has 0 spiro atoms. The number of hydrogen-bond donors (Lipinski definition) is 3. The summed E-state index contributed by atoms with van der Waals surface area (Å²) >= 11 is 0. The minimum atomic E-state index is -0.517. The largest absolute Gasteiger partial charge is 0.453 e. The first kappa shape index (κ1) is 17.5. The van der Waals surface area contributed by atoms with Crippen LogP contribution >= 0.6 is 0 Å². The van der Waals surface area contributed by atoms with Gasteiger partial charge >= 0.3 is 6.09 Å². The lowest BCUT2D eigenvalue weighted by Crippen LogP contribution is -2.22. The summed E-state index contributed by atoms with van der Waals surface area (Å²) in [5, 5.41) is 6.56. The average Bonchev–Trinajstić information content (AvgIpc) is 2.94. The molecular weight excluding hydrogens is 330 g/mol. The van der Waals surface area contributed by atoms with E-state index in [0.29, 0.717) is 17.8 Å². The Bertz CT molecular complexity index is 958. The van der Waals surface area contributed by atoms with Gasteiger partial charge in [0.2, 0.25) is 0 Å².